The maximum atomic E-state index is 11.0. The third-order valence-corrected chi connectivity index (χ3v) is 1.26. The molecule has 4 heteroatoms. The van der Waals surface area contributed by atoms with Gasteiger partial charge in [-0.25, -0.2) is 4.79 Å². The molecule has 0 aromatic heterocycles. The molecule has 0 aliphatic carbocycles. The van der Waals surface area contributed by atoms with Crippen LogP contribution in [0.1, 0.15) is 20.8 Å². The monoisotopic (exact) mass is 186 g/mol. The molecule has 0 atom stereocenters. The fraction of sp³-hybridized carbons (Fsp3) is 0.556. The van der Waals surface area contributed by atoms with E-state index in [2.05, 4.69) is 4.74 Å². The van der Waals surface area contributed by atoms with Gasteiger partial charge in [0, 0.05) is 6.08 Å². The Morgan fingerprint density at radius 2 is 1.92 bits per heavy atom. The first kappa shape index (κ1) is 11.8. The quantitative estimate of drug-likeness (QED) is 0.511. The average Bonchev–Trinajstić information content (AvgIpc) is 1.99. The van der Waals surface area contributed by atoms with Gasteiger partial charge in [0.15, 0.2) is 5.78 Å². The maximum absolute atomic E-state index is 11.0. The molecule has 0 aliphatic rings. The molecule has 0 radical (unpaired) electrons. The van der Waals surface area contributed by atoms with Crippen molar-refractivity contribution >= 4 is 11.8 Å². The van der Waals surface area contributed by atoms with Crippen LogP contribution in [0.15, 0.2) is 12.2 Å². The van der Waals surface area contributed by atoms with E-state index in [-0.39, 0.29) is 6.61 Å². The molecular weight excluding hydrogens is 172 g/mol. The molecule has 0 unspecified atom stereocenters. The van der Waals surface area contributed by atoms with Crippen molar-refractivity contribution in [1.29, 1.82) is 0 Å². The molecule has 0 amide bonds. The van der Waals surface area contributed by atoms with Gasteiger partial charge in [-0.1, -0.05) is 0 Å². The average molecular weight is 186 g/mol. The maximum Gasteiger partial charge on any atom is 0.330 e. The Bertz CT molecular complexity index is 222. The van der Waals surface area contributed by atoms with Crippen LogP contribution in [0.25, 0.3) is 0 Å². The summed E-state index contributed by atoms with van der Waals surface area (Å²) in [5.41, 5.74) is -1.44. The molecule has 74 valence electrons. The van der Waals surface area contributed by atoms with E-state index in [1.54, 1.807) is 6.92 Å². The lowest BCUT2D eigenvalue weighted by Crippen LogP contribution is -2.29. The molecular formula is C9H14O4. The number of ketones is 1. The molecule has 4 nitrogen and oxygen atoms in total. The van der Waals surface area contributed by atoms with Crippen LogP contribution in [0.4, 0.5) is 0 Å². The highest BCUT2D eigenvalue weighted by molar-refractivity contribution is 6.00. The molecule has 0 aliphatic heterocycles. The summed E-state index contributed by atoms with van der Waals surface area (Å²) in [5.74, 6) is -1.11. The highest BCUT2D eigenvalue weighted by atomic mass is 16.5. The Morgan fingerprint density at radius 3 is 2.31 bits per heavy atom. The highest BCUT2D eigenvalue weighted by Crippen LogP contribution is 2.03. The zero-order chi connectivity index (χ0) is 10.5. The van der Waals surface area contributed by atoms with Gasteiger partial charge >= 0.3 is 5.97 Å². The predicted molar refractivity (Wildman–Crippen MR) is 47.1 cm³/mol. The minimum absolute atomic E-state index is 0.264. The lowest BCUT2D eigenvalue weighted by atomic mass is 10.0. The third-order valence-electron chi connectivity index (χ3n) is 1.26. The van der Waals surface area contributed by atoms with Crippen LogP contribution in [-0.4, -0.2) is 29.1 Å². The van der Waals surface area contributed by atoms with E-state index in [1.165, 1.54) is 13.8 Å². The number of carbonyl (C=O) groups excluding carboxylic acids is 2. The van der Waals surface area contributed by atoms with Crippen molar-refractivity contribution in [3.05, 3.63) is 12.2 Å². The van der Waals surface area contributed by atoms with Crippen LogP contribution in [0.2, 0.25) is 0 Å². The first-order valence-corrected chi connectivity index (χ1v) is 3.99. The van der Waals surface area contributed by atoms with Gasteiger partial charge in [-0.05, 0) is 26.8 Å². The fourth-order valence-corrected chi connectivity index (χ4v) is 0.538. The summed E-state index contributed by atoms with van der Waals surface area (Å²) in [4.78, 5) is 21.8. The van der Waals surface area contributed by atoms with E-state index in [9.17, 15) is 14.7 Å². The number of aliphatic hydroxyl groups is 1. The van der Waals surface area contributed by atoms with Crippen LogP contribution in [0, 0.1) is 0 Å². The van der Waals surface area contributed by atoms with Gasteiger partial charge in [0.2, 0.25) is 0 Å². The van der Waals surface area contributed by atoms with Crippen LogP contribution >= 0.6 is 0 Å². The molecule has 0 rings (SSSR count). The van der Waals surface area contributed by atoms with E-state index >= 15 is 0 Å². The summed E-state index contributed by atoms with van der Waals surface area (Å²) in [5, 5.41) is 9.18. The predicted octanol–water partition coefficient (Wildman–Crippen LogP) is 0.446. The second-order valence-electron chi connectivity index (χ2n) is 3.01. The minimum Gasteiger partial charge on any atom is -0.463 e. The first-order valence-electron chi connectivity index (χ1n) is 3.99. The van der Waals surface area contributed by atoms with Gasteiger partial charge in [0.25, 0.3) is 0 Å². The van der Waals surface area contributed by atoms with Gasteiger partial charge in [-0.3, -0.25) is 4.79 Å². The zero-order valence-corrected chi connectivity index (χ0v) is 8.03. The fourth-order valence-electron chi connectivity index (χ4n) is 0.538. The first-order chi connectivity index (χ1) is 5.88. The number of esters is 1. The largest absolute Gasteiger partial charge is 0.463 e. The Kier molecular flexibility index (Phi) is 4.34. The van der Waals surface area contributed by atoms with Crippen molar-refractivity contribution in [2.45, 2.75) is 26.4 Å². The molecule has 0 saturated carbocycles. The molecule has 0 bridgehead atoms. The molecule has 0 saturated heterocycles. The van der Waals surface area contributed by atoms with Crippen LogP contribution in [-0.2, 0) is 14.3 Å². The SMILES string of the molecule is CCOC(=O)/C=C/C(=O)C(C)(C)O. The van der Waals surface area contributed by atoms with Crippen LogP contribution in [0.5, 0.6) is 0 Å². The number of hydrogen-bond acceptors (Lipinski definition) is 4. The van der Waals surface area contributed by atoms with Gasteiger partial charge in [0.1, 0.15) is 5.60 Å². The Hall–Kier alpha value is -1.16. The van der Waals surface area contributed by atoms with E-state index in [0.29, 0.717) is 0 Å². The van der Waals surface area contributed by atoms with Gasteiger partial charge < -0.3 is 9.84 Å². The Labute approximate surface area is 77.2 Å². The summed E-state index contributed by atoms with van der Waals surface area (Å²) >= 11 is 0. The lowest BCUT2D eigenvalue weighted by Gasteiger charge is -2.11. The normalized spacial score (nSPS) is 11.7. The molecule has 1 N–H and O–H groups in total. The molecule has 13 heavy (non-hydrogen) atoms. The second-order valence-corrected chi connectivity index (χ2v) is 3.01. The lowest BCUT2D eigenvalue weighted by molar-refractivity contribution is -0.137. The summed E-state index contributed by atoms with van der Waals surface area (Å²) in [7, 11) is 0. The molecule has 0 heterocycles. The molecule has 0 spiro atoms. The van der Waals surface area contributed by atoms with E-state index in [1.807, 2.05) is 0 Å². The third kappa shape index (κ3) is 5.14. The smallest absolute Gasteiger partial charge is 0.330 e. The van der Waals surface area contributed by atoms with Crippen molar-refractivity contribution in [2.24, 2.45) is 0 Å². The molecule has 0 aromatic carbocycles. The van der Waals surface area contributed by atoms with Crippen LogP contribution < -0.4 is 0 Å². The second kappa shape index (κ2) is 4.77. The van der Waals surface area contributed by atoms with Crippen molar-refractivity contribution in [2.75, 3.05) is 6.61 Å². The summed E-state index contributed by atoms with van der Waals surface area (Å²) in [6.07, 6.45) is 2.02. The minimum atomic E-state index is -1.44. The van der Waals surface area contributed by atoms with Crippen molar-refractivity contribution < 1.29 is 19.4 Å². The number of hydrogen-bond donors (Lipinski definition) is 1. The van der Waals surface area contributed by atoms with Crippen LogP contribution in [0.3, 0.4) is 0 Å². The van der Waals surface area contributed by atoms with Gasteiger partial charge in [-0.2, -0.15) is 0 Å². The zero-order valence-electron chi connectivity index (χ0n) is 8.03. The van der Waals surface area contributed by atoms with Crippen molar-refractivity contribution in [1.82, 2.24) is 0 Å². The summed E-state index contributed by atoms with van der Waals surface area (Å²) in [6.45, 7) is 4.64. The summed E-state index contributed by atoms with van der Waals surface area (Å²) < 4.78 is 4.55. The van der Waals surface area contributed by atoms with Gasteiger partial charge in [-0.15, -0.1) is 0 Å². The number of carbonyl (C=O) groups is 2. The van der Waals surface area contributed by atoms with E-state index < -0.39 is 17.4 Å². The van der Waals surface area contributed by atoms with Gasteiger partial charge in [0.05, 0.1) is 6.61 Å². The Morgan fingerprint density at radius 1 is 1.38 bits per heavy atom. The topological polar surface area (TPSA) is 63.6 Å². The number of rotatable bonds is 4. The summed E-state index contributed by atoms with van der Waals surface area (Å²) in [6, 6.07) is 0. The molecule has 0 fully saturated rings. The van der Waals surface area contributed by atoms with E-state index in [0.717, 1.165) is 12.2 Å². The van der Waals surface area contributed by atoms with Crippen molar-refractivity contribution in [3.8, 4) is 0 Å². The highest BCUT2D eigenvalue weighted by Gasteiger charge is 2.20. The van der Waals surface area contributed by atoms with E-state index in [4.69, 9.17) is 0 Å². The molecule has 0 aromatic rings. The number of ether oxygens (including phenoxy) is 1. The standard InChI is InChI=1S/C9H14O4/c1-4-13-8(11)6-5-7(10)9(2,3)12/h5-6,12H,4H2,1-3H3/b6-5+. The van der Waals surface area contributed by atoms with Crippen molar-refractivity contribution in [3.63, 3.8) is 0 Å². The Balaban J connectivity index is 4.13.